The molecule has 0 aliphatic heterocycles. The molecular formula is C13H22N2NiO. The first kappa shape index (κ1) is 18.7. The largest absolute Gasteiger partial charge is 2.00 e. The van der Waals surface area contributed by atoms with Gasteiger partial charge in [-0.1, -0.05) is 27.3 Å². The second-order valence-electron chi connectivity index (χ2n) is 4.15. The van der Waals surface area contributed by atoms with Crippen molar-refractivity contribution < 1.29 is 21.3 Å². The third kappa shape index (κ3) is 8.14. The van der Waals surface area contributed by atoms with Gasteiger partial charge in [-0.2, -0.15) is 6.42 Å². The van der Waals surface area contributed by atoms with Crippen molar-refractivity contribution in [2.24, 2.45) is 5.92 Å². The molecule has 0 spiro atoms. The maximum Gasteiger partial charge on any atom is 2.00 e. The van der Waals surface area contributed by atoms with E-state index in [9.17, 15) is 4.79 Å². The third-order valence-electron chi connectivity index (χ3n) is 1.88. The van der Waals surface area contributed by atoms with Crippen molar-refractivity contribution in [1.82, 2.24) is 9.55 Å². The first-order chi connectivity index (χ1) is 7.54. The van der Waals surface area contributed by atoms with Gasteiger partial charge >= 0.3 is 16.5 Å². The number of aryl methyl sites for hydroxylation is 1. The van der Waals surface area contributed by atoms with Crippen LogP contribution in [0.5, 0.6) is 0 Å². The van der Waals surface area contributed by atoms with E-state index in [1.807, 2.05) is 30.9 Å². The van der Waals surface area contributed by atoms with Crippen LogP contribution in [0.2, 0.25) is 0 Å². The monoisotopic (exact) mass is 280 g/mol. The molecular weight excluding hydrogens is 259 g/mol. The zero-order chi connectivity index (χ0) is 12.6. The molecule has 0 unspecified atom stereocenters. The Morgan fingerprint density at radius 2 is 2.06 bits per heavy atom. The van der Waals surface area contributed by atoms with E-state index in [1.54, 1.807) is 0 Å². The summed E-state index contributed by atoms with van der Waals surface area (Å²) in [5.74, 6) is 1.49. The van der Waals surface area contributed by atoms with Crippen molar-refractivity contribution in [2.75, 3.05) is 0 Å². The van der Waals surface area contributed by atoms with Crippen LogP contribution < -0.4 is 0 Å². The summed E-state index contributed by atoms with van der Waals surface area (Å²) in [7, 11) is 0. The van der Waals surface area contributed by atoms with Gasteiger partial charge in [-0.25, -0.2) is 11.3 Å². The zero-order valence-corrected chi connectivity index (χ0v) is 12.1. The van der Waals surface area contributed by atoms with Gasteiger partial charge in [-0.05, 0) is 19.3 Å². The third-order valence-corrected chi connectivity index (χ3v) is 1.88. The molecule has 3 nitrogen and oxygen atoms in total. The van der Waals surface area contributed by atoms with E-state index in [1.165, 1.54) is 0 Å². The van der Waals surface area contributed by atoms with Gasteiger partial charge in [0, 0.05) is 6.20 Å². The smallest absolute Gasteiger partial charge is 0.540 e. The molecule has 1 aromatic rings. The standard InChI is InChI=1S/C10H15N2O.C3H7.Ni/c1-8(2)6-10-7-12(4-5-13)9(3)11-10;1-3-2;/h7-8H,4,6H2,1-3H3;1,3H2,2H3;/q2*-1;+2. The summed E-state index contributed by atoms with van der Waals surface area (Å²) in [6.07, 6.45) is 5.76. The summed E-state index contributed by atoms with van der Waals surface area (Å²) in [6, 6.07) is 0. The van der Waals surface area contributed by atoms with E-state index in [2.05, 4.69) is 25.8 Å². The Bertz CT molecular complexity index is 308. The summed E-state index contributed by atoms with van der Waals surface area (Å²) < 4.78 is 1.82. The quantitative estimate of drug-likeness (QED) is 0.628. The Hall–Kier alpha value is -0.626. The van der Waals surface area contributed by atoms with Crippen LogP contribution in [0.4, 0.5) is 0 Å². The van der Waals surface area contributed by atoms with Gasteiger partial charge in [-0.15, -0.1) is 0 Å². The number of hydrogen-bond acceptors (Lipinski definition) is 2. The zero-order valence-electron chi connectivity index (χ0n) is 11.1. The van der Waals surface area contributed by atoms with Crippen molar-refractivity contribution in [3.63, 3.8) is 0 Å². The van der Waals surface area contributed by atoms with Gasteiger partial charge in [0.1, 0.15) is 5.82 Å². The first-order valence-corrected chi connectivity index (χ1v) is 5.72. The molecule has 17 heavy (non-hydrogen) atoms. The molecule has 100 valence electrons. The Morgan fingerprint density at radius 1 is 1.53 bits per heavy atom. The van der Waals surface area contributed by atoms with E-state index >= 15 is 0 Å². The van der Waals surface area contributed by atoms with Gasteiger partial charge < -0.3 is 16.3 Å². The van der Waals surface area contributed by atoms with Gasteiger partial charge in [0.05, 0.1) is 5.69 Å². The average Bonchev–Trinajstić information content (AvgIpc) is 2.47. The predicted octanol–water partition coefficient (Wildman–Crippen LogP) is 2.73. The molecule has 0 bridgehead atoms. The van der Waals surface area contributed by atoms with Crippen molar-refractivity contribution >= 4 is 6.29 Å². The minimum absolute atomic E-state index is 0. The Kier molecular flexibility index (Phi) is 11.6. The first-order valence-electron chi connectivity index (χ1n) is 5.72. The molecule has 0 N–H and O–H groups in total. The van der Waals surface area contributed by atoms with Gasteiger partial charge in [0.2, 0.25) is 0 Å². The summed E-state index contributed by atoms with van der Waals surface area (Å²) >= 11 is 0. The SMILES string of the molecule is Cc1nc(CC(C)C)cn1C[C-]=O.[CH2-]CC.[Ni+2]. The summed E-state index contributed by atoms with van der Waals surface area (Å²) in [4.78, 5) is 14.5. The number of nitrogens with zero attached hydrogens (tertiary/aromatic N) is 2. The van der Waals surface area contributed by atoms with Crippen LogP contribution in [-0.2, 0) is 34.3 Å². The molecule has 0 aliphatic carbocycles. The molecule has 0 amide bonds. The normalized spacial score (nSPS) is 9.29. The van der Waals surface area contributed by atoms with E-state index in [0.29, 0.717) is 5.92 Å². The van der Waals surface area contributed by atoms with Crippen molar-refractivity contribution in [3.05, 3.63) is 24.6 Å². The van der Waals surface area contributed by atoms with Crippen molar-refractivity contribution in [3.8, 4) is 0 Å². The van der Waals surface area contributed by atoms with Gasteiger partial charge in [0.25, 0.3) is 0 Å². The van der Waals surface area contributed by atoms with Crippen LogP contribution in [0, 0.1) is 19.8 Å². The number of rotatable bonds is 4. The Labute approximate surface area is 115 Å². The summed E-state index contributed by atoms with van der Waals surface area (Å²) in [5.41, 5.74) is 1.06. The molecule has 1 aromatic heterocycles. The molecule has 0 aliphatic rings. The maximum atomic E-state index is 10.2. The van der Waals surface area contributed by atoms with Crippen LogP contribution >= 0.6 is 0 Å². The molecule has 0 aromatic carbocycles. The molecule has 0 atom stereocenters. The number of hydrogen-bond donors (Lipinski definition) is 0. The Balaban J connectivity index is 0. The van der Waals surface area contributed by atoms with E-state index < -0.39 is 0 Å². The second-order valence-corrected chi connectivity index (χ2v) is 4.15. The topological polar surface area (TPSA) is 34.9 Å². The van der Waals surface area contributed by atoms with Crippen LogP contribution in [-0.4, -0.2) is 15.8 Å². The molecule has 1 heterocycles. The minimum atomic E-state index is 0. The number of carbonyl (C=O) groups excluding carboxylic acids is 1. The van der Waals surface area contributed by atoms with Gasteiger partial charge in [0.15, 0.2) is 0 Å². The minimum Gasteiger partial charge on any atom is -0.540 e. The fourth-order valence-corrected chi connectivity index (χ4v) is 1.32. The number of imidazole rings is 1. The predicted molar refractivity (Wildman–Crippen MR) is 66.8 cm³/mol. The van der Waals surface area contributed by atoms with Crippen molar-refractivity contribution in [2.45, 2.75) is 47.1 Å². The molecule has 0 saturated heterocycles. The molecule has 0 radical (unpaired) electrons. The van der Waals surface area contributed by atoms with E-state index in [-0.39, 0.29) is 23.0 Å². The van der Waals surface area contributed by atoms with Crippen LogP contribution in [0.3, 0.4) is 0 Å². The summed E-state index contributed by atoms with van der Waals surface area (Å²) in [6.45, 7) is 12.0. The fraction of sp³-hybridized carbons (Fsp3) is 0.615. The average molecular weight is 281 g/mol. The second kappa shape index (κ2) is 10.5. The fourth-order valence-electron chi connectivity index (χ4n) is 1.32. The van der Waals surface area contributed by atoms with Crippen LogP contribution in [0.15, 0.2) is 6.20 Å². The number of aromatic nitrogens is 2. The van der Waals surface area contributed by atoms with Crippen LogP contribution in [0.25, 0.3) is 0 Å². The molecule has 4 heteroatoms. The molecule has 1 rings (SSSR count). The van der Waals surface area contributed by atoms with E-state index in [4.69, 9.17) is 0 Å². The van der Waals surface area contributed by atoms with Crippen molar-refractivity contribution in [1.29, 1.82) is 0 Å². The van der Waals surface area contributed by atoms with E-state index in [0.717, 1.165) is 24.4 Å². The summed E-state index contributed by atoms with van der Waals surface area (Å²) in [5, 5.41) is 0. The molecule has 0 saturated carbocycles. The van der Waals surface area contributed by atoms with Gasteiger partial charge in [-0.3, -0.25) is 0 Å². The van der Waals surface area contributed by atoms with Crippen LogP contribution in [0.1, 0.15) is 38.7 Å². The maximum absolute atomic E-state index is 10.2. The molecule has 0 fully saturated rings. The Morgan fingerprint density at radius 3 is 2.47 bits per heavy atom.